The fraction of sp³-hybridized carbons (Fsp3) is 0.421. The summed E-state index contributed by atoms with van der Waals surface area (Å²) in [5.74, 6) is -4.35. The summed E-state index contributed by atoms with van der Waals surface area (Å²) in [6.45, 7) is -0.538. The van der Waals surface area contributed by atoms with Crippen molar-refractivity contribution >= 4 is 29.6 Å². The number of carbonyl (C=O) groups excluding carboxylic acids is 4. The van der Waals surface area contributed by atoms with Crippen molar-refractivity contribution in [1.82, 2.24) is 21.3 Å². The monoisotopic (exact) mass is 453 g/mol. The van der Waals surface area contributed by atoms with Gasteiger partial charge in [0.2, 0.25) is 23.6 Å². The van der Waals surface area contributed by atoms with Gasteiger partial charge in [-0.25, -0.2) is 0 Å². The van der Waals surface area contributed by atoms with Gasteiger partial charge in [-0.1, -0.05) is 12.1 Å². The Bertz CT molecular complexity index is 830. The van der Waals surface area contributed by atoms with E-state index in [1.54, 1.807) is 0 Å². The molecule has 0 aliphatic rings. The van der Waals surface area contributed by atoms with Gasteiger partial charge in [0.15, 0.2) is 0 Å². The van der Waals surface area contributed by atoms with Gasteiger partial charge in [-0.3, -0.25) is 24.0 Å². The molecule has 0 radical (unpaired) electrons. The van der Waals surface area contributed by atoms with Crippen molar-refractivity contribution in [3.63, 3.8) is 0 Å². The average Bonchev–Trinajstić information content (AvgIpc) is 2.76. The quantitative estimate of drug-likeness (QED) is 0.157. The number of carboxylic acids is 1. The molecule has 0 saturated heterocycles. The predicted octanol–water partition coefficient (Wildman–Crippen LogP) is -3.44. The molecule has 0 saturated carbocycles. The molecule has 0 bridgehead atoms. The highest BCUT2D eigenvalue weighted by atomic mass is 16.4. The van der Waals surface area contributed by atoms with E-state index in [0.717, 1.165) is 0 Å². The summed E-state index contributed by atoms with van der Waals surface area (Å²) in [5.41, 5.74) is 5.87. The summed E-state index contributed by atoms with van der Waals surface area (Å²) < 4.78 is 0. The van der Waals surface area contributed by atoms with Crippen LogP contribution < -0.4 is 27.0 Å². The molecule has 1 aromatic rings. The molecule has 1 rings (SSSR count). The van der Waals surface area contributed by atoms with Crippen molar-refractivity contribution < 1.29 is 39.3 Å². The standard InChI is InChI=1S/C19H27N5O8/c1-10(17(30)21-8-16(28)29)22-19(32)14(9-25)24-18(31)13(23-15(27)7-20)6-11-2-4-12(26)5-3-11/h2-5,10,13-14,25-26H,6-9,20H2,1H3,(H,21,30)(H,22,32)(H,23,27)(H,24,31)(H,28,29)/t10-,13-,14-/m0/s1. The number of aromatic hydroxyl groups is 1. The van der Waals surface area contributed by atoms with Crippen LogP contribution in [0.25, 0.3) is 0 Å². The van der Waals surface area contributed by atoms with E-state index >= 15 is 0 Å². The topological polar surface area (TPSA) is 220 Å². The average molecular weight is 453 g/mol. The largest absolute Gasteiger partial charge is 0.508 e. The molecule has 0 fully saturated rings. The number of rotatable bonds is 12. The molecule has 13 heteroatoms. The van der Waals surface area contributed by atoms with Gasteiger partial charge >= 0.3 is 5.97 Å². The first-order valence-corrected chi connectivity index (χ1v) is 9.55. The molecule has 0 aliphatic carbocycles. The maximum Gasteiger partial charge on any atom is 0.322 e. The molecule has 3 atom stereocenters. The number of hydrogen-bond acceptors (Lipinski definition) is 8. The highest BCUT2D eigenvalue weighted by Gasteiger charge is 2.28. The number of benzene rings is 1. The summed E-state index contributed by atoms with van der Waals surface area (Å²) in [4.78, 5) is 59.0. The molecule has 9 N–H and O–H groups in total. The Morgan fingerprint density at radius 1 is 0.938 bits per heavy atom. The first kappa shape index (κ1) is 26.3. The number of carboxylic acid groups (broad SMARTS) is 1. The molecule has 32 heavy (non-hydrogen) atoms. The molecule has 0 spiro atoms. The molecule has 176 valence electrons. The zero-order valence-electron chi connectivity index (χ0n) is 17.3. The summed E-state index contributed by atoms with van der Waals surface area (Å²) in [5, 5.41) is 36.5. The van der Waals surface area contributed by atoms with E-state index < -0.39 is 60.9 Å². The minimum absolute atomic E-state index is 0.00557. The zero-order valence-corrected chi connectivity index (χ0v) is 17.3. The lowest BCUT2D eigenvalue weighted by atomic mass is 10.0. The Kier molecular flexibility index (Phi) is 10.6. The number of nitrogens with two attached hydrogens (primary N) is 1. The van der Waals surface area contributed by atoms with Gasteiger partial charge in [0.25, 0.3) is 0 Å². The van der Waals surface area contributed by atoms with Crippen LogP contribution in [0.15, 0.2) is 24.3 Å². The number of aliphatic carboxylic acids is 1. The van der Waals surface area contributed by atoms with Gasteiger partial charge in [0.05, 0.1) is 13.2 Å². The molecule has 1 aromatic carbocycles. The highest BCUT2D eigenvalue weighted by molar-refractivity contribution is 5.94. The van der Waals surface area contributed by atoms with Gasteiger partial charge in [0, 0.05) is 6.42 Å². The third-order valence-electron chi connectivity index (χ3n) is 4.19. The van der Waals surface area contributed by atoms with E-state index in [9.17, 15) is 34.2 Å². The van der Waals surface area contributed by atoms with Crippen molar-refractivity contribution in [3.05, 3.63) is 29.8 Å². The van der Waals surface area contributed by atoms with E-state index in [4.69, 9.17) is 10.8 Å². The van der Waals surface area contributed by atoms with Crippen LogP contribution in [0.3, 0.4) is 0 Å². The first-order chi connectivity index (χ1) is 15.1. The Hall–Kier alpha value is -3.71. The minimum atomic E-state index is -1.45. The molecule has 0 aliphatic heterocycles. The third-order valence-corrected chi connectivity index (χ3v) is 4.19. The summed E-state index contributed by atoms with van der Waals surface area (Å²) >= 11 is 0. The molecule has 0 unspecified atom stereocenters. The van der Waals surface area contributed by atoms with Crippen LogP contribution in [0.2, 0.25) is 0 Å². The smallest absolute Gasteiger partial charge is 0.322 e. The normalized spacial score (nSPS) is 13.2. The predicted molar refractivity (Wildman–Crippen MR) is 110 cm³/mol. The van der Waals surface area contributed by atoms with Crippen molar-refractivity contribution in [2.24, 2.45) is 5.73 Å². The lowest BCUT2D eigenvalue weighted by Gasteiger charge is -2.23. The SMILES string of the molecule is C[C@H](NC(=O)[C@H](CO)NC(=O)[C@H](Cc1ccc(O)cc1)NC(=O)CN)C(=O)NCC(=O)O. The van der Waals surface area contributed by atoms with E-state index in [0.29, 0.717) is 5.56 Å². The van der Waals surface area contributed by atoms with Crippen molar-refractivity contribution in [3.8, 4) is 5.75 Å². The van der Waals surface area contributed by atoms with Crippen molar-refractivity contribution in [2.75, 3.05) is 19.7 Å². The molecule has 4 amide bonds. The van der Waals surface area contributed by atoms with Crippen LogP contribution >= 0.6 is 0 Å². The Balaban J connectivity index is 2.82. The number of nitrogens with one attached hydrogen (secondary N) is 4. The maximum atomic E-state index is 12.7. The maximum absolute atomic E-state index is 12.7. The Labute approximate surface area is 183 Å². The molecule has 0 aromatic heterocycles. The van der Waals surface area contributed by atoms with E-state index in [2.05, 4.69) is 21.3 Å². The number of carbonyl (C=O) groups is 5. The fourth-order valence-electron chi connectivity index (χ4n) is 2.49. The van der Waals surface area contributed by atoms with Crippen LogP contribution in [0.1, 0.15) is 12.5 Å². The van der Waals surface area contributed by atoms with Gasteiger partial charge in [0.1, 0.15) is 30.4 Å². The molecule has 13 nitrogen and oxygen atoms in total. The first-order valence-electron chi connectivity index (χ1n) is 9.55. The highest BCUT2D eigenvalue weighted by Crippen LogP contribution is 2.11. The number of aliphatic hydroxyl groups excluding tert-OH is 1. The van der Waals surface area contributed by atoms with E-state index in [1.165, 1.54) is 31.2 Å². The van der Waals surface area contributed by atoms with Crippen LogP contribution in [-0.2, 0) is 30.4 Å². The summed E-state index contributed by atoms with van der Waals surface area (Å²) in [6, 6.07) is 2.14. The molecule has 0 heterocycles. The number of aliphatic hydroxyl groups is 1. The number of phenols is 1. The van der Waals surface area contributed by atoms with Crippen LogP contribution in [0.4, 0.5) is 0 Å². The van der Waals surface area contributed by atoms with Crippen molar-refractivity contribution in [2.45, 2.75) is 31.5 Å². The number of hydrogen-bond donors (Lipinski definition) is 8. The molecular formula is C19H27N5O8. The van der Waals surface area contributed by atoms with Crippen LogP contribution in [0, 0.1) is 0 Å². The van der Waals surface area contributed by atoms with E-state index in [-0.39, 0.29) is 18.7 Å². The second-order valence-electron chi connectivity index (χ2n) is 6.78. The fourth-order valence-corrected chi connectivity index (χ4v) is 2.49. The van der Waals surface area contributed by atoms with Gasteiger partial charge < -0.3 is 42.3 Å². The summed E-state index contributed by atoms with van der Waals surface area (Å²) in [7, 11) is 0. The van der Waals surface area contributed by atoms with Crippen LogP contribution in [0.5, 0.6) is 5.75 Å². The second kappa shape index (κ2) is 12.9. The van der Waals surface area contributed by atoms with Crippen LogP contribution in [-0.4, -0.2) is 82.7 Å². The lowest BCUT2D eigenvalue weighted by Crippen LogP contribution is -2.58. The van der Waals surface area contributed by atoms with E-state index in [1.807, 2.05) is 0 Å². The minimum Gasteiger partial charge on any atom is -0.508 e. The number of phenolic OH excluding ortho intramolecular Hbond substituents is 1. The third kappa shape index (κ3) is 8.97. The lowest BCUT2D eigenvalue weighted by molar-refractivity contribution is -0.138. The second-order valence-corrected chi connectivity index (χ2v) is 6.78. The van der Waals surface area contributed by atoms with Crippen molar-refractivity contribution in [1.29, 1.82) is 0 Å². The van der Waals surface area contributed by atoms with Gasteiger partial charge in [-0.15, -0.1) is 0 Å². The molecular weight excluding hydrogens is 426 g/mol. The number of amides is 4. The van der Waals surface area contributed by atoms with Gasteiger partial charge in [-0.05, 0) is 24.6 Å². The Morgan fingerprint density at radius 3 is 2.06 bits per heavy atom. The Morgan fingerprint density at radius 2 is 1.53 bits per heavy atom. The summed E-state index contributed by atoms with van der Waals surface area (Å²) in [6.07, 6.45) is 0.00557. The van der Waals surface area contributed by atoms with Gasteiger partial charge in [-0.2, -0.15) is 0 Å². The zero-order chi connectivity index (χ0) is 24.3.